The van der Waals surface area contributed by atoms with E-state index in [2.05, 4.69) is 10.3 Å². The predicted octanol–water partition coefficient (Wildman–Crippen LogP) is 3.15. The fourth-order valence-corrected chi connectivity index (χ4v) is 8.28. The van der Waals surface area contributed by atoms with E-state index in [-0.39, 0.29) is 34.7 Å². The summed E-state index contributed by atoms with van der Waals surface area (Å²) in [5, 5.41) is 3.36. The molecule has 1 saturated heterocycles. The van der Waals surface area contributed by atoms with Gasteiger partial charge in [0.2, 0.25) is 15.9 Å². The third kappa shape index (κ3) is 4.58. The summed E-state index contributed by atoms with van der Waals surface area (Å²) in [6, 6.07) is 13.2. The van der Waals surface area contributed by atoms with Crippen LogP contribution in [0.5, 0.6) is 5.75 Å². The number of nitrogens with one attached hydrogen (secondary N) is 1. The van der Waals surface area contributed by atoms with Gasteiger partial charge in [0.15, 0.2) is 15.0 Å². The number of sulfonamides is 1. The number of anilines is 1. The molecule has 2 aliphatic heterocycles. The van der Waals surface area contributed by atoms with E-state index in [9.17, 15) is 21.6 Å². The number of para-hydroxylation sites is 1. The van der Waals surface area contributed by atoms with Gasteiger partial charge < -0.3 is 10.1 Å². The molecule has 2 aliphatic rings. The van der Waals surface area contributed by atoms with Gasteiger partial charge in [-0.25, -0.2) is 21.8 Å². The molecular weight excluding hydrogens is 510 g/mol. The minimum atomic E-state index is -4.02. The number of nitrogens with zero attached hydrogens (tertiary/aromatic N) is 2. The van der Waals surface area contributed by atoms with Gasteiger partial charge in [-0.05, 0) is 37.1 Å². The van der Waals surface area contributed by atoms with Gasteiger partial charge in [0.25, 0.3) is 0 Å². The second-order valence-electron chi connectivity index (χ2n) is 8.46. The van der Waals surface area contributed by atoms with Crippen molar-refractivity contribution in [2.24, 2.45) is 5.92 Å². The monoisotopic (exact) mass is 533 g/mol. The predicted molar refractivity (Wildman–Crippen MR) is 132 cm³/mol. The molecule has 0 radical (unpaired) electrons. The Hall–Kier alpha value is -2.80. The van der Waals surface area contributed by atoms with E-state index in [0.717, 1.165) is 28.1 Å². The van der Waals surface area contributed by atoms with Crippen molar-refractivity contribution >= 4 is 42.2 Å². The number of carbonyl (C=O) groups excluding carboxylic acids is 1. The first-order valence-corrected chi connectivity index (χ1v) is 15.1. The highest BCUT2D eigenvalue weighted by Crippen LogP contribution is 2.41. The van der Waals surface area contributed by atoms with Gasteiger partial charge >= 0.3 is 0 Å². The van der Waals surface area contributed by atoms with Gasteiger partial charge in [-0.3, -0.25) is 4.79 Å². The summed E-state index contributed by atoms with van der Waals surface area (Å²) in [6.45, 7) is 0.632. The van der Waals surface area contributed by atoms with E-state index < -0.39 is 19.9 Å². The minimum Gasteiger partial charge on any atom is -0.487 e. The van der Waals surface area contributed by atoms with Crippen LogP contribution in [0.2, 0.25) is 0 Å². The van der Waals surface area contributed by atoms with Crippen molar-refractivity contribution in [3.8, 4) is 17.0 Å². The van der Waals surface area contributed by atoms with Crippen LogP contribution in [0.4, 0.5) is 5.13 Å². The highest BCUT2D eigenvalue weighted by molar-refractivity contribution is 7.93. The maximum absolute atomic E-state index is 13.2. The standard InChI is InChI=1S/C23H23N3O6S3/c1-34(28,29)19-8-4-5-9-20(19)35(30,31)26-12-10-15(11-13-26)22(27)25-23-24-21-16-6-2-3-7-17(16)32-14-18(21)33-23/h2-9,15H,10-14H2,1H3,(H,24,25,27). The Kier molecular flexibility index (Phi) is 6.16. The summed E-state index contributed by atoms with van der Waals surface area (Å²) >= 11 is 1.37. The summed E-state index contributed by atoms with van der Waals surface area (Å²) in [6.07, 6.45) is 1.63. The molecule has 0 unspecified atom stereocenters. The van der Waals surface area contributed by atoms with E-state index in [0.29, 0.717) is 24.6 Å². The van der Waals surface area contributed by atoms with Crippen molar-refractivity contribution in [1.82, 2.24) is 9.29 Å². The first kappa shape index (κ1) is 23.9. The zero-order valence-electron chi connectivity index (χ0n) is 18.8. The lowest BCUT2D eigenvalue weighted by atomic mass is 9.97. The maximum atomic E-state index is 13.2. The molecule has 2 aromatic carbocycles. The van der Waals surface area contributed by atoms with Gasteiger partial charge in [0, 0.05) is 30.8 Å². The number of carbonyl (C=O) groups is 1. The maximum Gasteiger partial charge on any atom is 0.244 e. The quantitative estimate of drug-likeness (QED) is 0.534. The van der Waals surface area contributed by atoms with E-state index in [1.165, 1.54) is 39.9 Å². The van der Waals surface area contributed by atoms with Crippen LogP contribution >= 0.6 is 11.3 Å². The number of rotatable bonds is 5. The van der Waals surface area contributed by atoms with E-state index in [1.54, 1.807) is 0 Å². The van der Waals surface area contributed by atoms with Crippen molar-refractivity contribution in [2.45, 2.75) is 29.2 Å². The molecule has 3 aromatic rings. The van der Waals surface area contributed by atoms with Crippen LogP contribution in [-0.2, 0) is 31.3 Å². The molecule has 184 valence electrons. The topological polar surface area (TPSA) is 123 Å². The van der Waals surface area contributed by atoms with E-state index in [1.807, 2.05) is 24.3 Å². The second-order valence-corrected chi connectivity index (χ2v) is 13.4. The number of sulfone groups is 1. The van der Waals surface area contributed by atoms with Crippen LogP contribution in [0.25, 0.3) is 11.3 Å². The SMILES string of the molecule is CS(=O)(=O)c1ccccc1S(=O)(=O)N1CCC(C(=O)Nc2nc3c(s2)COc2ccccc2-3)CC1. The Balaban J connectivity index is 1.27. The van der Waals surface area contributed by atoms with Gasteiger partial charge in [0.05, 0.1) is 15.5 Å². The number of piperidine rings is 1. The highest BCUT2D eigenvalue weighted by Gasteiger charge is 2.35. The molecule has 0 aliphatic carbocycles. The second kappa shape index (κ2) is 9.01. The molecule has 1 amide bonds. The summed E-state index contributed by atoms with van der Waals surface area (Å²) in [7, 11) is -7.74. The zero-order valence-corrected chi connectivity index (χ0v) is 21.2. The molecule has 1 aromatic heterocycles. The highest BCUT2D eigenvalue weighted by atomic mass is 32.2. The van der Waals surface area contributed by atoms with Crippen LogP contribution in [0, 0.1) is 5.92 Å². The number of aromatic nitrogens is 1. The molecule has 1 fully saturated rings. The number of benzene rings is 2. The Morgan fingerprint density at radius 2 is 1.69 bits per heavy atom. The number of amides is 1. The average Bonchev–Trinajstić information content (AvgIpc) is 3.26. The molecule has 0 saturated carbocycles. The fourth-order valence-electron chi connectivity index (χ4n) is 4.32. The average molecular weight is 534 g/mol. The number of thiazole rings is 1. The van der Waals surface area contributed by atoms with Crippen LogP contribution in [0.1, 0.15) is 17.7 Å². The van der Waals surface area contributed by atoms with Crippen molar-refractivity contribution in [3.63, 3.8) is 0 Å². The Morgan fingerprint density at radius 3 is 2.40 bits per heavy atom. The minimum absolute atomic E-state index is 0.119. The van der Waals surface area contributed by atoms with Crippen LogP contribution in [0.3, 0.4) is 0 Å². The molecule has 12 heteroatoms. The first-order valence-electron chi connectivity index (χ1n) is 11.0. The summed E-state index contributed by atoms with van der Waals surface area (Å²) in [5.74, 6) is 0.171. The Labute approximate surface area is 207 Å². The Morgan fingerprint density at radius 1 is 1.03 bits per heavy atom. The number of ether oxygens (including phenoxy) is 1. The van der Waals surface area contributed by atoms with Crippen molar-refractivity contribution < 1.29 is 26.4 Å². The van der Waals surface area contributed by atoms with Crippen molar-refractivity contribution in [3.05, 3.63) is 53.4 Å². The lowest BCUT2D eigenvalue weighted by Gasteiger charge is -2.30. The van der Waals surface area contributed by atoms with Gasteiger partial charge in [-0.15, -0.1) is 0 Å². The zero-order chi connectivity index (χ0) is 24.8. The fraction of sp³-hybridized carbons (Fsp3) is 0.304. The van der Waals surface area contributed by atoms with Gasteiger partial charge in [-0.1, -0.05) is 35.6 Å². The number of hydrogen-bond acceptors (Lipinski definition) is 8. The molecule has 0 atom stereocenters. The third-order valence-corrected chi connectivity index (χ3v) is 10.3. The molecule has 5 rings (SSSR count). The summed E-state index contributed by atoms with van der Waals surface area (Å²) in [5.41, 5.74) is 1.69. The van der Waals surface area contributed by atoms with Gasteiger partial charge in [0.1, 0.15) is 17.3 Å². The molecule has 35 heavy (non-hydrogen) atoms. The number of hydrogen-bond donors (Lipinski definition) is 1. The largest absolute Gasteiger partial charge is 0.487 e. The van der Waals surface area contributed by atoms with E-state index in [4.69, 9.17) is 4.74 Å². The summed E-state index contributed by atoms with van der Waals surface area (Å²) in [4.78, 5) is 18.0. The molecule has 0 bridgehead atoms. The van der Waals surface area contributed by atoms with E-state index >= 15 is 0 Å². The van der Waals surface area contributed by atoms with Crippen LogP contribution in [0.15, 0.2) is 58.3 Å². The molecule has 1 N–H and O–H groups in total. The summed E-state index contributed by atoms with van der Waals surface area (Å²) < 4.78 is 57.5. The van der Waals surface area contributed by atoms with Gasteiger partial charge in [-0.2, -0.15) is 4.31 Å². The molecule has 0 spiro atoms. The lowest BCUT2D eigenvalue weighted by Crippen LogP contribution is -2.41. The smallest absolute Gasteiger partial charge is 0.244 e. The van der Waals surface area contributed by atoms with Crippen LogP contribution < -0.4 is 10.1 Å². The van der Waals surface area contributed by atoms with Crippen molar-refractivity contribution in [2.75, 3.05) is 24.7 Å². The molecule has 9 nitrogen and oxygen atoms in total. The normalized spacial score (nSPS) is 16.7. The molecule has 3 heterocycles. The first-order chi connectivity index (χ1) is 16.6. The lowest BCUT2D eigenvalue weighted by molar-refractivity contribution is -0.120. The van der Waals surface area contributed by atoms with Crippen LogP contribution in [-0.4, -0.2) is 51.4 Å². The van der Waals surface area contributed by atoms with Crippen molar-refractivity contribution in [1.29, 1.82) is 0 Å². The molecular formula is C23H23N3O6S3. The number of fused-ring (bicyclic) bond motifs is 3. The Bertz CT molecular complexity index is 1510. The third-order valence-electron chi connectivity index (χ3n) is 6.12.